The fourth-order valence-corrected chi connectivity index (χ4v) is 7.90. The highest BCUT2D eigenvalue weighted by atomic mass is 32.2. The maximum absolute atomic E-state index is 14.9. The van der Waals surface area contributed by atoms with Crippen LogP contribution in [0.5, 0.6) is 0 Å². The first kappa shape index (κ1) is 55.3. The predicted octanol–water partition coefficient (Wildman–Crippen LogP) is 9.55. The summed E-state index contributed by atoms with van der Waals surface area (Å²) in [5.74, 6) is -16.2. The summed E-state index contributed by atoms with van der Waals surface area (Å²) in [6.45, 7) is -3.96. The second kappa shape index (κ2) is 28.1. The van der Waals surface area contributed by atoms with Gasteiger partial charge in [-0.05, 0) is 61.5 Å². The topological polar surface area (TPSA) is 116 Å². The van der Waals surface area contributed by atoms with Crippen molar-refractivity contribution >= 4 is 23.5 Å². The maximum Gasteiger partial charge on any atom is 0.430 e. The fraction of sp³-hybridized carbons (Fsp3) is 0.921. The molecule has 0 aliphatic heterocycles. The van der Waals surface area contributed by atoms with Crippen molar-refractivity contribution in [2.45, 2.75) is 185 Å². The minimum atomic E-state index is -6.83. The van der Waals surface area contributed by atoms with E-state index in [2.05, 4.69) is 4.74 Å². The van der Waals surface area contributed by atoms with E-state index in [1.54, 1.807) is 0 Å². The molecule has 0 spiro atoms. The second-order valence-electron chi connectivity index (χ2n) is 14.8. The Morgan fingerprint density at radius 2 is 0.763 bits per heavy atom. The number of halogens is 10. The summed E-state index contributed by atoms with van der Waals surface area (Å²) in [5, 5.41) is 17.6. The number of hydrogen-bond acceptors (Lipinski definition) is 8. The first-order chi connectivity index (χ1) is 27.7. The lowest BCUT2D eigenvalue weighted by atomic mass is 10.1. The number of aromatic nitrogens is 3. The molecule has 1 aromatic rings. The van der Waals surface area contributed by atoms with E-state index in [9.17, 15) is 58.3 Å². The SMILES string of the molecule is CC(F)(F)C(F)(F)C(F)(F)OC(F)(F)C(F)(F)Cn1c(=O)n(CCCSCCCCCCCCCCCO)c(=O)n(CCCSCCCCCCCCCCCO)c1=O. The monoisotopic (exact) mass is 911 g/mol. The number of thioether (sulfide) groups is 2. The molecule has 0 bridgehead atoms. The Hall–Kier alpha value is -1.71. The molecule has 9 nitrogen and oxygen atoms in total. The van der Waals surface area contributed by atoms with Gasteiger partial charge >= 0.3 is 47.1 Å². The third-order valence-electron chi connectivity index (χ3n) is 9.58. The summed E-state index contributed by atoms with van der Waals surface area (Å²) in [4.78, 5) is 39.7. The molecule has 0 saturated carbocycles. The predicted molar refractivity (Wildman–Crippen MR) is 212 cm³/mol. The molecule has 1 rings (SSSR count). The maximum atomic E-state index is 14.9. The molecule has 0 aromatic carbocycles. The molecule has 0 radical (unpaired) electrons. The smallest absolute Gasteiger partial charge is 0.396 e. The van der Waals surface area contributed by atoms with Gasteiger partial charge in [0.25, 0.3) is 0 Å². The number of nitrogens with zero attached hydrogens (tertiary/aromatic N) is 3. The summed E-state index contributed by atoms with van der Waals surface area (Å²) >= 11 is 2.96. The van der Waals surface area contributed by atoms with Crippen LogP contribution in [0, 0.1) is 0 Å². The van der Waals surface area contributed by atoms with E-state index in [1.165, 1.54) is 23.5 Å². The van der Waals surface area contributed by atoms with Crippen molar-refractivity contribution in [1.29, 1.82) is 0 Å². The van der Waals surface area contributed by atoms with Gasteiger partial charge in [0.05, 0.1) is 0 Å². The van der Waals surface area contributed by atoms with Gasteiger partial charge in [-0.15, -0.1) is 0 Å². The van der Waals surface area contributed by atoms with Crippen molar-refractivity contribution in [3.8, 4) is 0 Å². The highest BCUT2D eigenvalue weighted by molar-refractivity contribution is 7.99. The summed E-state index contributed by atoms with van der Waals surface area (Å²) in [6.07, 6.45) is 4.78. The van der Waals surface area contributed by atoms with E-state index < -0.39 is 78.2 Å². The van der Waals surface area contributed by atoms with Crippen LogP contribution in [0.25, 0.3) is 0 Å². The Morgan fingerprint density at radius 3 is 1.10 bits per heavy atom. The summed E-state index contributed by atoms with van der Waals surface area (Å²) in [6, 6.07) is 0. The second-order valence-corrected chi connectivity index (χ2v) is 17.2. The van der Waals surface area contributed by atoms with Crippen LogP contribution < -0.4 is 17.1 Å². The minimum absolute atomic E-state index is 0.105. The van der Waals surface area contributed by atoms with Crippen molar-refractivity contribution in [3.63, 3.8) is 0 Å². The van der Waals surface area contributed by atoms with Crippen molar-refractivity contribution in [1.82, 2.24) is 13.7 Å². The van der Waals surface area contributed by atoms with Gasteiger partial charge < -0.3 is 10.2 Å². The molecule has 2 N–H and O–H groups in total. The largest absolute Gasteiger partial charge is 0.430 e. The number of rotatable bonds is 37. The van der Waals surface area contributed by atoms with E-state index in [-0.39, 0.29) is 26.1 Å². The van der Waals surface area contributed by atoms with Crippen molar-refractivity contribution in [3.05, 3.63) is 31.5 Å². The van der Waals surface area contributed by atoms with Crippen LogP contribution in [0.4, 0.5) is 43.9 Å². The Kier molecular flexibility index (Phi) is 26.3. The number of alkyl halides is 10. The first-order valence-corrected chi connectivity index (χ1v) is 22.9. The van der Waals surface area contributed by atoms with E-state index in [0.29, 0.717) is 20.6 Å². The van der Waals surface area contributed by atoms with E-state index in [4.69, 9.17) is 10.2 Å². The third kappa shape index (κ3) is 19.5. The number of aliphatic hydroxyl groups is 2. The van der Waals surface area contributed by atoms with Crippen LogP contribution in [0.3, 0.4) is 0 Å². The molecule has 348 valence electrons. The van der Waals surface area contributed by atoms with Crippen molar-refractivity contribution in [2.75, 3.05) is 36.2 Å². The zero-order chi connectivity index (χ0) is 44.6. The van der Waals surface area contributed by atoms with Crippen molar-refractivity contribution < 1.29 is 58.9 Å². The number of unbranched alkanes of at least 4 members (excludes halogenated alkanes) is 16. The third-order valence-corrected chi connectivity index (χ3v) is 11.9. The van der Waals surface area contributed by atoms with Crippen LogP contribution in [-0.4, -0.2) is 90.1 Å². The van der Waals surface area contributed by atoms with Gasteiger partial charge in [0, 0.05) is 33.2 Å². The van der Waals surface area contributed by atoms with Crippen LogP contribution in [0.15, 0.2) is 14.4 Å². The van der Waals surface area contributed by atoms with Gasteiger partial charge in [-0.1, -0.05) is 89.9 Å². The summed E-state index contributed by atoms with van der Waals surface area (Å²) in [7, 11) is 0. The van der Waals surface area contributed by atoms with Gasteiger partial charge in [-0.25, -0.2) is 32.8 Å². The molecule has 59 heavy (non-hydrogen) atoms. The highest BCUT2D eigenvalue weighted by Crippen LogP contribution is 2.50. The first-order valence-electron chi connectivity index (χ1n) is 20.6. The average Bonchev–Trinajstić information content (AvgIpc) is 3.15. The quantitative estimate of drug-likeness (QED) is 0.0502. The average molecular weight is 912 g/mol. The molecule has 0 saturated heterocycles. The summed E-state index contributed by atoms with van der Waals surface area (Å²) < 4.78 is 143. The van der Waals surface area contributed by atoms with Crippen LogP contribution in [0.2, 0.25) is 0 Å². The molecule has 0 unspecified atom stereocenters. The minimum Gasteiger partial charge on any atom is -0.396 e. The molecule has 0 fully saturated rings. The summed E-state index contributed by atoms with van der Waals surface area (Å²) in [5.41, 5.74) is -4.80. The Bertz CT molecular complexity index is 1400. The fourth-order valence-electron chi connectivity index (χ4n) is 6.01. The molecule has 1 aromatic heterocycles. The lowest BCUT2D eigenvalue weighted by Gasteiger charge is -2.34. The van der Waals surface area contributed by atoms with Crippen LogP contribution in [0.1, 0.15) is 135 Å². The molecular formula is C38H63F10N3O6S2. The Morgan fingerprint density at radius 1 is 0.458 bits per heavy atom. The van der Waals surface area contributed by atoms with Gasteiger partial charge in [0.1, 0.15) is 6.54 Å². The Labute approximate surface area is 348 Å². The number of hydrogen-bond donors (Lipinski definition) is 2. The molecule has 1 heterocycles. The zero-order valence-corrected chi connectivity index (χ0v) is 35.6. The molecule has 0 amide bonds. The lowest BCUT2D eigenvalue weighted by molar-refractivity contribution is -0.485. The number of aliphatic hydroxyl groups excluding tert-OH is 2. The molecule has 0 atom stereocenters. The van der Waals surface area contributed by atoms with Gasteiger partial charge in [0.2, 0.25) is 0 Å². The van der Waals surface area contributed by atoms with E-state index in [1.807, 2.05) is 0 Å². The van der Waals surface area contributed by atoms with Crippen LogP contribution in [-0.2, 0) is 24.4 Å². The van der Waals surface area contributed by atoms with E-state index >= 15 is 0 Å². The molecular weight excluding hydrogens is 849 g/mol. The lowest BCUT2D eigenvalue weighted by Crippen LogP contribution is -2.61. The van der Waals surface area contributed by atoms with Gasteiger partial charge in [-0.2, -0.15) is 67.4 Å². The zero-order valence-electron chi connectivity index (χ0n) is 34.0. The van der Waals surface area contributed by atoms with Gasteiger partial charge in [0.15, 0.2) is 0 Å². The normalized spacial score (nSPS) is 13.2. The Balaban J connectivity index is 3.00. The molecule has 21 heteroatoms. The highest BCUT2D eigenvalue weighted by Gasteiger charge is 2.75. The van der Waals surface area contributed by atoms with Crippen LogP contribution >= 0.6 is 23.5 Å². The van der Waals surface area contributed by atoms with E-state index in [0.717, 1.165) is 127 Å². The standard InChI is InChI=1S/C38H63F10N3O6S2/c1-34(39,40)36(43,44)38(47,48)57-37(45,46)35(41,42)30-51-32(55)49(22-20-28-58-26-18-14-10-6-2-4-8-12-16-24-52)31(54)50(33(51)56)23-21-29-59-27-19-15-11-7-3-5-9-13-17-25-53/h52-53H,2-30H2,1H3. The van der Waals surface area contributed by atoms with Gasteiger partial charge in [-0.3, -0.25) is 0 Å². The molecule has 0 aliphatic rings. The van der Waals surface area contributed by atoms with Crippen molar-refractivity contribution in [2.24, 2.45) is 0 Å². The molecule has 0 aliphatic carbocycles. The number of ether oxygens (including phenoxy) is 1.